The fourth-order valence-electron chi connectivity index (χ4n) is 0.181. The molecule has 0 fully saturated rings. The number of rotatable bonds is 0. The Labute approximate surface area is 92.4 Å². The van der Waals surface area contributed by atoms with Crippen molar-refractivity contribution in [3.05, 3.63) is 0 Å². The van der Waals surface area contributed by atoms with Crippen molar-refractivity contribution >= 4 is 0 Å². The van der Waals surface area contributed by atoms with Gasteiger partial charge in [0.2, 0.25) is 0 Å². The van der Waals surface area contributed by atoms with Crippen LogP contribution in [0.3, 0.4) is 0 Å². The van der Waals surface area contributed by atoms with Crippen molar-refractivity contribution in [1.82, 2.24) is 0 Å². The summed E-state index contributed by atoms with van der Waals surface area (Å²) in [5, 5.41) is 8.02. The zero-order chi connectivity index (χ0) is 4.83. The smallest absolute Gasteiger partial charge is 0.870 e. The molecule has 3 heteroatoms. The summed E-state index contributed by atoms with van der Waals surface area (Å²) in [7, 11) is 0. The molecule has 0 aliphatic carbocycles. The van der Waals surface area contributed by atoms with Crippen molar-refractivity contribution < 1.29 is 62.0 Å². The first-order valence-corrected chi connectivity index (χ1v) is 1.98. The fraction of sp³-hybridized carbons (Fsp3) is 0.600. The third kappa shape index (κ3) is 15.7. The van der Waals surface area contributed by atoms with Crippen LogP contribution < -0.4 is 51.4 Å². The van der Waals surface area contributed by atoms with Crippen LogP contribution in [0.4, 0.5) is 0 Å². The minimum Gasteiger partial charge on any atom is -0.870 e. The van der Waals surface area contributed by atoms with E-state index in [0.29, 0.717) is 0 Å². The van der Waals surface area contributed by atoms with Gasteiger partial charge in [0.25, 0.3) is 0 Å². The molecule has 0 heterocycles. The van der Waals surface area contributed by atoms with Crippen LogP contribution in [-0.4, -0.2) is 17.2 Å². The zero-order valence-corrected chi connectivity index (χ0v) is 8.43. The van der Waals surface area contributed by atoms with E-state index in [2.05, 4.69) is 11.8 Å². The SMILES string of the molecule is CCC#CCO.[K+].[OH-]. The third-order valence-corrected chi connectivity index (χ3v) is 0.381. The van der Waals surface area contributed by atoms with E-state index in [1.807, 2.05) is 6.92 Å². The summed E-state index contributed by atoms with van der Waals surface area (Å²) < 4.78 is 0. The van der Waals surface area contributed by atoms with Gasteiger partial charge >= 0.3 is 51.4 Å². The summed E-state index contributed by atoms with van der Waals surface area (Å²) in [5.74, 6) is 5.20. The van der Waals surface area contributed by atoms with Crippen molar-refractivity contribution in [1.29, 1.82) is 0 Å². The topological polar surface area (TPSA) is 50.2 Å². The van der Waals surface area contributed by atoms with Crippen LogP contribution in [0.5, 0.6) is 0 Å². The third-order valence-electron chi connectivity index (χ3n) is 0.381. The zero-order valence-electron chi connectivity index (χ0n) is 5.31. The molecule has 0 aromatic heterocycles. The quantitative estimate of drug-likeness (QED) is 0.292. The van der Waals surface area contributed by atoms with E-state index in [4.69, 9.17) is 5.11 Å². The summed E-state index contributed by atoms with van der Waals surface area (Å²) in [6, 6.07) is 0. The van der Waals surface area contributed by atoms with Crippen molar-refractivity contribution in [3.63, 3.8) is 0 Å². The molecule has 0 aliphatic heterocycles. The minimum atomic E-state index is -0.00611. The largest absolute Gasteiger partial charge is 1.00 e. The molecule has 42 valence electrons. The van der Waals surface area contributed by atoms with Gasteiger partial charge in [0, 0.05) is 6.42 Å². The van der Waals surface area contributed by atoms with Gasteiger partial charge in [-0.1, -0.05) is 12.8 Å². The van der Waals surface area contributed by atoms with Gasteiger partial charge in [0.15, 0.2) is 0 Å². The molecule has 8 heavy (non-hydrogen) atoms. The predicted octanol–water partition coefficient (Wildman–Crippen LogP) is -2.78. The molecular weight excluding hydrogens is 131 g/mol. The van der Waals surface area contributed by atoms with Gasteiger partial charge in [-0.15, -0.1) is 5.92 Å². The Morgan fingerprint density at radius 2 is 1.88 bits per heavy atom. The van der Waals surface area contributed by atoms with Crippen molar-refractivity contribution in [2.24, 2.45) is 0 Å². The molecule has 0 spiro atoms. The van der Waals surface area contributed by atoms with Crippen LogP contribution in [0.15, 0.2) is 0 Å². The van der Waals surface area contributed by atoms with E-state index in [0.717, 1.165) is 6.42 Å². The molecule has 0 saturated heterocycles. The van der Waals surface area contributed by atoms with Crippen molar-refractivity contribution in [2.45, 2.75) is 13.3 Å². The van der Waals surface area contributed by atoms with Crippen LogP contribution in [-0.2, 0) is 0 Å². The second-order valence-corrected chi connectivity index (χ2v) is 0.865. The summed E-state index contributed by atoms with van der Waals surface area (Å²) in [4.78, 5) is 0. The maximum atomic E-state index is 8.02. The number of hydrogen-bond donors (Lipinski definition) is 1. The van der Waals surface area contributed by atoms with E-state index in [-0.39, 0.29) is 63.5 Å². The summed E-state index contributed by atoms with van der Waals surface area (Å²) >= 11 is 0. The van der Waals surface area contributed by atoms with Crippen LogP contribution in [0.1, 0.15) is 13.3 Å². The van der Waals surface area contributed by atoms with Crippen LogP contribution in [0, 0.1) is 11.8 Å². The number of aliphatic hydroxyl groups is 1. The predicted molar refractivity (Wildman–Crippen MR) is 27.1 cm³/mol. The van der Waals surface area contributed by atoms with E-state index >= 15 is 0 Å². The van der Waals surface area contributed by atoms with Gasteiger partial charge in [-0.2, -0.15) is 0 Å². The van der Waals surface area contributed by atoms with Gasteiger partial charge in [0.05, 0.1) is 0 Å². The van der Waals surface area contributed by atoms with E-state index in [1.165, 1.54) is 0 Å². The molecule has 0 radical (unpaired) electrons. The molecule has 0 rings (SSSR count). The molecule has 0 unspecified atom stereocenters. The molecule has 0 amide bonds. The Hall–Kier alpha value is 1.12. The van der Waals surface area contributed by atoms with Gasteiger partial charge < -0.3 is 10.6 Å². The first-order chi connectivity index (χ1) is 2.91. The first-order valence-electron chi connectivity index (χ1n) is 1.98. The van der Waals surface area contributed by atoms with Crippen molar-refractivity contribution in [3.8, 4) is 11.8 Å². The molecule has 0 saturated carbocycles. The maximum absolute atomic E-state index is 8.02. The Bertz CT molecular complexity index is 64.2. The van der Waals surface area contributed by atoms with E-state index in [9.17, 15) is 0 Å². The van der Waals surface area contributed by atoms with Gasteiger partial charge in [0.1, 0.15) is 6.61 Å². The number of hydrogen-bond acceptors (Lipinski definition) is 2. The van der Waals surface area contributed by atoms with E-state index < -0.39 is 0 Å². The van der Waals surface area contributed by atoms with Crippen molar-refractivity contribution in [2.75, 3.05) is 6.61 Å². The molecule has 0 bridgehead atoms. The first kappa shape index (κ1) is 16.1. The normalized spacial score (nSPS) is 4.75. The average Bonchev–Trinajstić information content (AvgIpc) is 1.61. The Morgan fingerprint density at radius 1 is 1.38 bits per heavy atom. The Morgan fingerprint density at radius 3 is 2.00 bits per heavy atom. The molecule has 0 atom stereocenters. The second-order valence-electron chi connectivity index (χ2n) is 0.865. The van der Waals surface area contributed by atoms with Crippen LogP contribution in [0.2, 0.25) is 0 Å². The van der Waals surface area contributed by atoms with Crippen LogP contribution >= 0.6 is 0 Å². The second kappa shape index (κ2) is 15.7. The Balaban J connectivity index is -0.000000125. The van der Waals surface area contributed by atoms with Gasteiger partial charge in [-0.3, -0.25) is 0 Å². The monoisotopic (exact) mass is 140 g/mol. The molecular formula is C5H9KO2. The van der Waals surface area contributed by atoms with Crippen LogP contribution in [0.25, 0.3) is 0 Å². The minimum absolute atomic E-state index is 0. The molecule has 0 aromatic carbocycles. The fourth-order valence-corrected chi connectivity index (χ4v) is 0.181. The van der Waals surface area contributed by atoms with E-state index in [1.54, 1.807) is 0 Å². The molecule has 0 aromatic rings. The van der Waals surface area contributed by atoms with Gasteiger partial charge in [-0.05, 0) is 0 Å². The number of aliphatic hydroxyl groups excluding tert-OH is 1. The standard InChI is InChI=1S/C5H8O.K.H2O/c1-2-3-4-5-6;;/h6H,2,5H2,1H3;;1H2/q;+1;/p-1. The summed E-state index contributed by atoms with van der Waals surface area (Å²) in [5.41, 5.74) is 0. The maximum Gasteiger partial charge on any atom is 1.00 e. The molecule has 0 aliphatic rings. The average molecular weight is 140 g/mol. The Kier molecular flexibility index (Phi) is 31.5. The molecule has 2 nitrogen and oxygen atoms in total. The molecule has 2 N–H and O–H groups in total. The van der Waals surface area contributed by atoms with Gasteiger partial charge in [-0.25, -0.2) is 0 Å². The summed E-state index contributed by atoms with van der Waals surface area (Å²) in [6.07, 6.45) is 0.834. The summed E-state index contributed by atoms with van der Waals surface area (Å²) in [6.45, 7) is 1.94.